The Kier molecular flexibility index (Phi) is 2.52. The van der Waals surface area contributed by atoms with Crippen molar-refractivity contribution in [3.63, 3.8) is 0 Å². The molecule has 0 N–H and O–H groups in total. The van der Waals surface area contributed by atoms with Gasteiger partial charge in [-0.15, -0.1) is 0 Å². The van der Waals surface area contributed by atoms with Crippen LogP contribution in [0.1, 0.15) is 0 Å². The lowest BCUT2D eigenvalue weighted by Crippen LogP contribution is -2.21. The molecule has 1 rings (SSSR count). The van der Waals surface area contributed by atoms with Crippen LogP contribution < -0.4 is 5.19 Å². The van der Waals surface area contributed by atoms with E-state index < -0.39 is 0 Å². The van der Waals surface area contributed by atoms with E-state index in [0.717, 1.165) is 5.02 Å². The highest BCUT2D eigenvalue weighted by Gasteiger charge is 1.98. The highest BCUT2D eigenvalue weighted by molar-refractivity contribution is 6.70. The largest absolute Gasteiger partial charge is 0.0843 e. The third-order valence-electron chi connectivity index (χ3n) is 1.42. The topological polar surface area (TPSA) is 0 Å². The number of halogens is 1. The molecule has 10 heavy (non-hydrogen) atoms. The zero-order valence-electron chi connectivity index (χ0n) is 6.19. The maximum atomic E-state index is 5.73. The van der Waals surface area contributed by atoms with Crippen molar-refractivity contribution in [2.75, 3.05) is 0 Å². The molecular formula is C8H10ClSi. The quantitative estimate of drug-likeness (QED) is 0.566. The Morgan fingerprint density at radius 1 is 1.10 bits per heavy atom. The van der Waals surface area contributed by atoms with Crippen LogP contribution in [0.2, 0.25) is 18.1 Å². The third-order valence-corrected chi connectivity index (χ3v) is 3.16. The van der Waals surface area contributed by atoms with E-state index in [-0.39, 0.29) is 8.80 Å². The number of hydrogen-bond acceptors (Lipinski definition) is 0. The maximum absolute atomic E-state index is 5.73. The molecule has 1 aromatic carbocycles. The van der Waals surface area contributed by atoms with Crippen LogP contribution in [0.4, 0.5) is 0 Å². The van der Waals surface area contributed by atoms with Gasteiger partial charge in [0, 0.05) is 5.02 Å². The molecular weight excluding hydrogens is 160 g/mol. The van der Waals surface area contributed by atoms with Gasteiger partial charge in [-0.05, 0) is 12.1 Å². The van der Waals surface area contributed by atoms with Crippen molar-refractivity contribution < 1.29 is 0 Å². The van der Waals surface area contributed by atoms with Gasteiger partial charge in [0.15, 0.2) is 0 Å². The first-order valence-corrected chi connectivity index (χ1v) is 6.14. The number of hydrogen-bond donors (Lipinski definition) is 0. The van der Waals surface area contributed by atoms with Crippen molar-refractivity contribution in [2.45, 2.75) is 13.1 Å². The van der Waals surface area contributed by atoms with Crippen LogP contribution in [0.3, 0.4) is 0 Å². The van der Waals surface area contributed by atoms with Gasteiger partial charge in [0.05, 0.1) is 8.80 Å². The molecule has 0 fully saturated rings. The minimum Gasteiger partial charge on any atom is -0.0843 e. The van der Waals surface area contributed by atoms with Gasteiger partial charge >= 0.3 is 0 Å². The first kappa shape index (κ1) is 7.83. The lowest BCUT2D eigenvalue weighted by atomic mass is 10.4. The van der Waals surface area contributed by atoms with Gasteiger partial charge in [0.2, 0.25) is 0 Å². The van der Waals surface area contributed by atoms with Crippen molar-refractivity contribution >= 4 is 25.6 Å². The van der Waals surface area contributed by atoms with Gasteiger partial charge in [-0.2, -0.15) is 0 Å². The Morgan fingerprint density at radius 3 is 2.00 bits per heavy atom. The van der Waals surface area contributed by atoms with Crippen molar-refractivity contribution in [3.8, 4) is 0 Å². The lowest BCUT2D eigenvalue weighted by Gasteiger charge is -2.01. The molecule has 0 nitrogen and oxygen atoms in total. The summed E-state index contributed by atoms with van der Waals surface area (Å²) in [6, 6.07) is 8.12. The molecule has 0 aliphatic rings. The summed E-state index contributed by atoms with van der Waals surface area (Å²) in [5, 5.41) is 2.27. The highest BCUT2D eigenvalue weighted by Crippen LogP contribution is 2.03. The number of benzene rings is 1. The molecule has 2 heteroatoms. The van der Waals surface area contributed by atoms with Gasteiger partial charge in [-0.25, -0.2) is 0 Å². The summed E-state index contributed by atoms with van der Waals surface area (Å²) in [5.41, 5.74) is 0. The Bertz CT molecular complexity index is 203. The molecule has 0 aliphatic heterocycles. The zero-order valence-corrected chi connectivity index (χ0v) is 7.94. The van der Waals surface area contributed by atoms with Gasteiger partial charge in [0.1, 0.15) is 0 Å². The molecule has 0 amide bonds. The molecule has 53 valence electrons. The van der Waals surface area contributed by atoms with Crippen LogP contribution in [0, 0.1) is 0 Å². The average Bonchev–Trinajstić information content (AvgIpc) is 1.88. The van der Waals surface area contributed by atoms with Gasteiger partial charge in [-0.1, -0.05) is 42.0 Å². The van der Waals surface area contributed by atoms with E-state index in [4.69, 9.17) is 11.6 Å². The Balaban J connectivity index is 2.89. The summed E-state index contributed by atoms with van der Waals surface area (Å²) >= 11 is 5.73. The minimum atomic E-state index is -0.287. The second kappa shape index (κ2) is 3.22. The molecule has 0 heterocycles. The van der Waals surface area contributed by atoms with Crippen LogP contribution in [-0.4, -0.2) is 8.80 Å². The van der Waals surface area contributed by atoms with Gasteiger partial charge in [0.25, 0.3) is 0 Å². The molecule has 0 atom stereocenters. The summed E-state index contributed by atoms with van der Waals surface area (Å²) < 4.78 is 0. The molecule has 0 spiro atoms. The first-order valence-electron chi connectivity index (χ1n) is 3.26. The molecule has 0 saturated heterocycles. The first-order chi connectivity index (χ1) is 4.70. The molecule has 0 bridgehead atoms. The zero-order chi connectivity index (χ0) is 7.56. The summed E-state index contributed by atoms with van der Waals surface area (Å²) in [4.78, 5) is 0. The lowest BCUT2D eigenvalue weighted by molar-refractivity contribution is 1.74. The van der Waals surface area contributed by atoms with E-state index in [1.54, 1.807) is 0 Å². The predicted molar refractivity (Wildman–Crippen MR) is 48.6 cm³/mol. The van der Waals surface area contributed by atoms with Crippen LogP contribution in [0.25, 0.3) is 0 Å². The monoisotopic (exact) mass is 169 g/mol. The molecule has 0 saturated carbocycles. The SMILES string of the molecule is C[Si](C)c1ccc(Cl)cc1. The van der Waals surface area contributed by atoms with Crippen LogP contribution in [0.5, 0.6) is 0 Å². The summed E-state index contributed by atoms with van der Waals surface area (Å²) in [6.07, 6.45) is 0. The standard InChI is InChI=1S/C8H10ClSi/c1-10(2)8-5-3-7(9)4-6-8/h3-6H,1-2H3. The van der Waals surface area contributed by atoms with E-state index in [1.165, 1.54) is 5.19 Å². The van der Waals surface area contributed by atoms with E-state index >= 15 is 0 Å². The molecule has 0 aromatic heterocycles. The molecule has 0 unspecified atom stereocenters. The fourth-order valence-electron chi connectivity index (χ4n) is 0.783. The van der Waals surface area contributed by atoms with Crippen molar-refractivity contribution in [2.24, 2.45) is 0 Å². The van der Waals surface area contributed by atoms with E-state index in [2.05, 4.69) is 25.2 Å². The van der Waals surface area contributed by atoms with E-state index in [9.17, 15) is 0 Å². The fraction of sp³-hybridized carbons (Fsp3) is 0.250. The maximum Gasteiger partial charge on any atom is 0.0791 e. The van der Waals surface area contributed by atoms with Crippen molar-refractivity contribution in [1.82, 2.24) is 0 Å². The van der Waals surface area contributed by atoms with E-state index in [1.807, 2.05) is 12.1 Å². The van der Waals surface area contributed by atoms with Crippen LogP contribution in [0.15, 0.2) is 24.3 Å². The Morgan fingerprint density at radius 2 is 1.60 bits per heavy atom. The minimum absolute atomic E-state index is 0.287. The smallest absolute Gasteiger partial charge is 0.0791 e. The fourth-order valence-corrected chi connectivity index (χ4v) is 1.74. The highest BCUT2D eigenvalue weighted by atomic mass is 35.5. The normalized spacial score (nSPS) is 10.4. The Hall–Kier alpha value is -0.273. The van der Waals surface area contributed by atoms with Gasteiger partial charge in [-0.3, -0.25) is 0 Å². The predicted octanol–water partition coefficient (Wildman–Crippen LogP) is 2.30. The average molecular weight is 170 g/mol. The van der Waals surface area contributed by atoms with Gasteiger partial charge < -0.3 is 0 Å². The summed E-state index contributed by atoms with van der Waals surface area (Å²) in [7, 11) is -0.287. The molecule has 0 aliphatic carbocycles. The van der Waals surface area contributed by atoms with Crippen LogP contribution >= 0.6 is 11.6 Å². The van der Waals surface area contributed by atoms with Crippen LogP contribution in [-0.2, 0) is 0 Å². The van der Waals surface area contributed by atoms with Crippen molar-refractivity contribution in [1.29, 1.82) is 0 Å². The Labute approximate surface area is 68.4 Å². The number of rotatable bonds is 1. The third kappa shape index (κ3) is 1.86. The molecule has 1 radical (unpaired) electrons. The second-order valence-corrected chi connectivity index (χ2v) is 5.52. The summed E-state index contributed by atoms with van der Waals surface area (Å²) in [6.45, 7) is 4.54. The summed E-state index contributed by atoms with van der Waals surface area (Å²) in [5.74, 6) is 0. The van der Waals surface area contributed by atoms with Crippen molar-refractivity contribution in [3.05, 3.63) is 29.3 Å². The second-order valence-electron chi connectivity index (χ2n) is 2.51. The molecule has 1 aromatic rings. The van der Waals surface area contributed by atoms with E-state index in [0.29, 0.717) is 0 Å².